The molecule has 2 aromatic carbocycles. The minimum Gasteiger partial charge on any atom is -0.332 e. The van der Waals surface area contributed by atoms with E-state index in [1.807, 2.05) is 38.1 Å². The van der Waals surface area contributed by atoms with Gasteiger partial charge in [-0.25, -0.2) is 0 Å². The molecule has 0 saturated heterocycles. The Kier molecular flexibility index (Phi) is 6.35. The van der Waals surface area contributed by atoms with Crippen molar-refractivity contribution in [2.75, 3.05) is 5.32 Å². The number of nitrogens with one attached hydrogen (secondary N) is 2. The first kappa shape index (κ1) is 18.4. The fraction of sp³-hybridized carbons (Fsp3) is 0.263. The monoisotopic (exact) mass is 360 g/mol. The summed E-state index contributed by atoms with van der Waals surface area (Å²) < 4.78 is 0. The van der Waals surface area contributed by atoms with Gasteiger partial charge in [0, 0.05) is 17.1 Å². The molecule has 1 amide bonds. The zero-order valence-electron chi connectivity index (χ0n) is 14.1. The van der Waals surface area contributed by atoms with Crippen LogP contribution in [0.4, 0.5) is 5.69 Å². The predicted molar refractivity (Wildman–Crippen MR) is 105 cm³/mol. The van der Waals surface area contributed by atoms with Crippen molar-refractivity contribution in [3.8, 4) is 0 Å². The smallest absolute Gasteiger partial charge is 0.226 e. The highest BCUT2D eigenvalue weighted by atomic mass is 35.5. The van der Waals surface area contributed by atoms with Crippen LogP contribution < -0.4 is 10.6 Å². The first-order chi connectivity index (χ1) is 11.4. The highest BCUT2D eigenvalue weighted by Gasteiger charge is 2.09. The van der Waals surface area contributed by atoms with Gasteiger partial charge in [0.1, 0.15) is 0 Å². The first-order valence-corrected chi connectivity index (χ1v) is 8.57. The van der Waals surface area contributed by atoms with E-state index < -0.39 is 0 Å². The number of carbonyl (C=O) groups is 1. The maximum Gasteiger partial charge on any atom is 0.226 e. The molecule has 0 radical (unpaired) electrons. The number of anilines is 1. The van der Waals surface area contributed by atoms with Crippen molar-refractivity contribution in [3.63, 3.8) is 0 Å². The molecule has 2 rings (SSSR count). The third-order valence-electron chi connectivity index (χ3n) is 3.75. The summed E-state index contributed by atoms with van der Waals surface area (Å²) in [5.41, 5.74) is 5.29. The number of rotatable bonds is 4. The molecular weight excluding hydrogens is 340 g/mol. The third-order valence-corrected chi connectivity index (χ3v) is 4.32. The Balaban J connectivity index is 1.91. The van der Waals surface area contributed by atoms with Gasteiger partial charge in [-0.2, -0.15) is 0 Å². The van der Waals surface area contributed by atoms with E-state index in [1.165, 1.54) is 5.56 Å². The summed E-state index contributed by atoms with van der Waals surface area (Å²) in [6.45, 7) is 6.09. The Morgan fingerprint density at radius 3 is 2.38 bits per heavy atom. The van der Waals surface area contributed by atoms with E-state index in [4.69, 9.17) is 23.8 Å². The molecule has 24 heavy (non-hydrogen) atoms. The summed E-state index contributed by atoms with van der Waals surface area (Å²) in [6.07, 6.45) is 0.911. The SMILES string of the molecule is Cc1cc(C)c(NC(=S)NC(=O)CCc2ccccc2Cl)c(C)c1. The van der Waals surface area contributed by atoms with E-state index in [9.17, 15) is 4.79 Å². The number of carbonyl (C=O) groups excluding carboxylic acids is 1. The van der Waals surface area contributed by atoms with Gasteiger partial charge < -0.3 is 10.6 Å². The number of hydrogen-bond donors (Lipinski definition) is 2. The minimum absolute atomic E-state index is 0.130. The van der Waals surface area contributed by atoms with Crippen LogP contribution >= 0.6 is 23.8 Å². The maximum absolute atomic E-state index is 12.1. The molecule has 3 nitrogen and oxygen atoms in total. The minimum atomic E-state index is -0.130. The molecule has 0 fully saturated rings. The third kappa shape index (κ3) is 5.05. The summed E-state index contributed by atoms with van der Waals surface area (Å²) in [5, 5.41) is 6.84. The van der Waals surface area contributed by atoms with Gasteiger partial charge in [-0.05, 0) is 62.2 Å². The first-order valence-electron chi connectivity index (χ1n) is 7.79. The average Bonchev–Trinajstić information content (AvgIpc) is 2.50. The zero-order chi connectivity index (χ0) is 17.7. The normalized spacial score (nSPS) is 10.3. The molecule has 0 saturated carbocycles. The summed E-state index contributed by atoms with van der Waals surface area (Å²) in [4.78, 5) is 12.1. The zero-order valence-corrected chi connectivity index (χ0v) is 15.6. The lowest BCUT2D eigenvalue weighted by Crippen LogP contribution is -2.34. The molecule has 2 N–H and O–H groups in total. The summed E-state index contributed by atoms with van der Waals surface area (Å²) in [7, 11) is 0. The van der Waals surface area contributed by atoms with Crippen LogP contribution in [-0.2, 0) is 11.2 Å². The summed E-state index contributed by atoms with van der Waals surface area (Å²) >= 11 is 11.4. The summed E-state index contributed by atoms with van der Waals surface area (Å²) in [5.74, 6) is -0.130. The van der Waals surface area contributed by atoms with Gasteiger partial charge in [-0.1, -0.05) is 47.5 Å². The van der Waals surface area contributed by atoms with Gasteiger partial charge in [0.05, 0.1) is 0 Å². The average molecular weight is 361 g/mol. The molecule has 126 valence electrons. The van der Waals surface area contributed by atoms with E-state index in [-0.39, 0.29) is 5.91 Å². The van der Waals surface area contributed by atoms with Crippen LogP contribution in [0.15, 0.2) is 36.4 Å². The van der Waals surface area contributed by atoms with E-state index in [0.717, 1.165) is 22.4 Å². The van der Waals surface area contributed by atoms with Crippen LogP contribution in [0.1, 0.15) is 28.7 Å². The highest BCUT2D eigenvalue weighted by Crippen LogP contribution is 2.21. The van der Waals surface area contributed by atoms with Crippen LogP contribution in [0.5, 0.6) is 0 Å². The number of benzene rings is 2. The Labute approximate surface area is 153 Å². The molecule has 0 aliphatic rings. The van der Waals surface area contributed by atoms with Crippen molar-refractivity contribution in [2.24, 2.45) is 0 Å². The van der Waals surface area contributed by atoms with Crippen molar-refractivity contribution in [1.82, 2.24) is 5.32 Å². The number of hydrogen-bond acceptors (Lipinski definition) is 2. The Hall–Kier alpha value is -1.91. The Bertz CT molecular complexity index is 751. The summed E-state index contributed by atoms with van der Waals surface area (Å²) in [6, 6.07) is 11.7. The maximum atomic E-state index is 12.1. The van der Waals surface area contributed by atoms with Crippen molar-refractivity contribution in [2.45, 2.75) is 33.6 Å². The second kappa shape index (κ2) is 8.27. The fourth-order valence-corrected chi connectivity index (χ4v) is 3.11. The standard InChI is InChI=1S/C19H21ClN2OS/c1-12-10-13(2)18(14(3)11-12)22-19(24)21-17(23)9-8-15-6-4-5-7-16(15)20/h4-7,10-11H,8-9H2,1-3H3,(H2,21,22,23,24). The molecule has 5 heteroatoms. The molecule has 0 unspecified atom stereocenters. The van der Waals surface area contributed by atoms with Crippen LogP contribution in [-0.4, -0.2) is 11.0 Å². The lowest BCUT2D eigenvalue weighted by Gasteiger charge is -2.15. The van der Waals surface area contributed by atoms with Gasteiger partial charge >= 0.3 is 0 Å². The molecule has 0 atom stereocenters. The predicted octanol–water partition coefficient (Wildman–Crippen LogP) is 4.71. The fourth-order valence-electron chi connectivity index (χ4n) is 2.66. The quantitative estimate of drug-likeness (QED) is 0.776. The second-order valence-electron chi connectivity index (χ2n) is 5.87. The second-order valence-corrected chi connectivity index (χ2v) is 6.68. The topological polar surface area (TPSA) is 41.1 Å². The van der Waals surface area contributed by atoms with E-state index >= 15 is 0 Å². The molecule has 2 aromatic rings. The lowest BCUT2D eigenvalue weighted by atomic mass is 10.1. The Morgan fingerprint density at radius 1 is 1.12 bits per heavy atom. The highest BCUT2D eigenvalue weighted by molar-refractivity contribution is 7.80. The van der Waals surface area contributed by atoms with E-state index in [2.05, 4.69) is 29.7 Å². The van der Waals surface area contributed by atoms with Crippen LogP contribution in [0.2, 0.25) is 5.02 Å². The molecule has 0 aliphatic carbocycles. The largest absolute Gasteiger partial charge is 0.332 e. The molecule has 0 bridgehead atoms. The number of thiocarbonyl (C=S) groups is 1. The van der Waals surface area contributed by atoms with Gasteiger partial charge in [0.2, 0.25) is 5.91 Å². The van der Waals surface area contributed by atoms with Crippen LogP contribution in [0, 0.1) is 20.8 Å². The number of halogens is 1. The lowest BCUT2D eigenvalue weighted by molar-refractivity contribution is -0.119. The van der Waals surface area contributed by atoms with Crippen molar-refractivity contribution in [3.05, 3.63) is 63.7 Å². The van der Waals surface area contributed by atoms with Crippen molar-refractivity contribution in [1.29, 1.82) is 0 Å². The van der Waals surface area contributed by atoms with Gasteiger partial charge in [0.25, 0.3) is 0 Å². The van der Waals surface area contributed by atoms with Gasteiger partial charge in [0.15, 0.2) is 5.11 Å². The molecular formula is C19H21ClN2OS. The molecule has 0 spiro atoms. The van der Waals surface area contributed by atoms with Crippen LogP contribution in [0.25, 0.3) is 0 Å². The van der Waals surface area contributed by atoms with Gasteiger partial charge in [-0.15, -0.1) is 0 Å². The molecule has 0 aliphatic heterocycles. The Morgan fingerprint density at radius 2 is 1.75 bits per heavy atom. The van der Waals surface area contributed by atoms with E-state index in [0.29, 0.717) is 23.0 Å². The van der Waals surface area contributed by atoms with Crippen molar-refractivity contribution >= 4 is 40.5 Å². The van der Waals surface area contributed by atoms with Crippen LogP contribution in [0.3, 0.4) is 0 Å². The van der Waals surface area contributed by atoms with Crippen molar-refractivity contribution < 1.29 is 4.79 Å². The number of aryl methyl sites for hydroxylation is 4. The molecule has 0 heterocycles. The number of amides is 1. The van der Waals surface area contributed by atoms with E-state index in [1.54, 1.807) is 0 Å². The van der Waals surface area contributed by atoms with Gasteiger partial charge in [-0.3, -0.25) is 4.79 Å². The molecule has 0 aromatic heterocycles.